The maximum Gasteiger partial charge on any atom is 0.416 e. The average Bonchev–Trinajstić information content (AvgIpc) is 2.81. The molecule has 0 fully saturated rings. The van der Waals surface area contributed by atoms with Gasteiger partial charge in [-0.3, -0.25) is 0 Å². The highest BCUT2D eigenvalue weighted by Crippen LogP contribution is 2.31. The van der Waals surface area contributed by atoms with Crippen LogP contribution in [0.1, 0.15) is 16.8 Å². The van der Waals surface area contributed by atoms with Gasteiger partial charge in [0.15, 0.2) is 0 Å². The fourth-order valence-electron chi connectivity index (χ4n) is 1.76. The van der Waals surface area contributed by atoms with Crippen molar-refractivity contribution in [3.8, 4) is 0 Å². The minimum atomic E-state index is -4.30. The van der Waals surface area contributed by atoms with Crippen LogP contribution in [0, 0.1) is 0 Å². The van der Waals surface area contributed by atoms with E-state index in [-0.39, 0.29) is 12.1 Å². The first-order chi connectivity index (χ1) is 8.57. The number of nitrogens with one attached hydrogen (secondary N) is 2. The molecule has 0 amide bonds. The fraction of sp³-hybridized carbons (Fsp3) is 0.231. The first kappa shape index (κ1) is 12.7. The molecule has 2 rings (SSSR count). The summed E-state index contributed by atoms with van der Waals surface area (Å²) in [6.45, 7) is 0.702. The smallest absolute Gasteiger partial charge is 0.364 e. The SMILES string of the molecule is FC(F)(F)c1ccccc1CNCc1ccc[nH]1. The average molecular weight is 254 g/mol. The molecule has 0 radical (unpaired) electrons. The first-order valence-corrected chi connectivity index (χ1v) is 5.55. The second-order valence-corrected chi connectivity index (χ2v) is 3.95. The summed E-state index contributed by atoms with van der Waals surface area (Å²) < 4.78 is 38.1. The topological polar surface area (TPSA) is 27.8 Å². The van der Waals surface area contributed by atoms with Crippen LogP contribution in [0.15, 0.2) is 42.6 Å². The molecule has 1 aromatic carbocycles. The Hall–Kier alpha value is -1.75. The van der Waals surface area contributed by atoms with E-state index >= 15 is 0 Å². The summed E-state index contributed by atoms with van der Waals surface area (Å²) in [7, 11) is 0. The molecule has 1 aromatic heterocycles. The van der Waals surface area contributed by atoms with E-state index in [4.69, 9.17) is 0 Å². The number of benzene rings is 1. The Morgan fingerprint density at radius 1 is 1.00 bits per heavy atom. The quantitative estimate of drug-likeness (QED) is 0.860. The molecule has 0 unspecified atom stereocenters. The molecule has 0 saturated carbocycles. The lowest BCUT2D eigenvalue weighted by Crippen LogP contribution is -2.17. The van der Waals surface area contributed by atoms with Crippen molar-refractivity contribution in [3.05, 3.63) is 59.4 Å². The van der Waals surface area contributed by atoms with Gasteiger partial charge in [0.05, 0.1) is 5.56 Å². The zero-order valence-electron chi connectivity index (χ0n) is 9.59. The van der Waals surface area contributed by atoms with Crippen molar-refractivity contribution in [3.63, 3.8) is 0 Å². The number of aromatic amines is 1. The standard InChI is InChI=1S/C13H13F3N2/c14-13(15,16)12-6-2-1-4-10(12)8-17-9-11-5-3-7-18-11/h1-7,17-18H,8-9H2. The van der Waals surface area contributed by atoms with Crippen LogP contribution < -0.4 is 5.32 Å². The van der Waals surface area contributed by atoms with Crippen LogP contribution >= 0.6 is 0 Å². The summed E-state index contributed by atoms with van der Waals surface area (Å²) >= 11 is 0. The van der Waals surface area contributed by atoms with Crippen molar-refractivity contribution in [2.45, 2.75) is 19.3 Å². The lowest BCUT2D eigenvalue weighted by molar-refractivity contribution is -0.138. The molecule has 96 valence electrons. The molecule has 0 aliphatic heterocycles. The molecule has 0 spiro atoms. The number of hydrogen-bond acceptors (Lipinski definition) is 1. The number of halogens is 3. The number of hydrogen-bond donors (Lipinski definition) is 2. The summed E-state index contributed by atoms with van der Waals surface area (Å²) in [6, 6.07) is 9.33. The van der Waals surface area contributed by atoms with Crippen molar-refractivity contribution in [2.24, 2.45) is 0 Å². The van der Waals surface area contributed by atoms with Crippen molar-refractivity contribution in [2.75, 3.05) is 0 Å². The van der Waals surface area contributed by atoms with E-state index in [9.17, 15) is 13.2 Å². The monoisotopic (exact) mass is 254 g/mol. The predicted octanol–water partition coefficient (Wildman–Crippen LogP) is 3.32. The Balaban J connectivity index is 2.01. The van der Waals surface area contributed by atoms with Crippen molar-refractivity contribution >= 4 is 0 Å². The van der Waals surface area contributed by atoms with E-state index in [1.165, 1.54) is 12.1 Å². The lowest BCUT2D eigenvalue weighted by atomic mass is 10.1. The van der Waals surface area contributed by atoms with Gasteiger partial charge in [-0.15, -0.1) is 0 Å². The molecule has 1 heterocycles. The highest BCUT2D eigenvalue weighted by atomic mass is 19.4. The Morgan fingerprint density at radius 2 is 1.78 bits per heavy atom. The number of alkyl halides is 3. The van der Waals surface area contributed by atoms with Crippen LogP contribution in [0.2, 0.25) is 0 Å². The van der Waals surface area contributed by atoms with Crippen molar-refractivity contribution < 1.29 is 13.2 Å². The van der Waals surface area contributed by atoms with Crippen molar-refractivity contribution in [1.82, 2.24) is 10.3 Å². The Bertz CT molecular complexity index is 489. The molecule has 18 heavy (non-hydrogen) atoms. The van der Waals surface area contributed by atoms with Gasteiger partial charge in [-0.05, 0) is 23.8 Å². The van der Waals surface area contributed by atoms with Gasteiger partial charge < -0.3 is 10.3 Å². The van der Waals surface area contributed by atoms with Gasteiger partial charge in [-0.25, -0.2) is 0 Å². The van der Waals surface area contributed by atoms with E-state index in [1.54, 1.807) is 12.3 Å². The molecular formula is C13H13F3N2. The third kappa shape index (κ3) is 3.13. The molecule has 2 nitrogen and oxygen atoms in total. The fourth-order valence-corrected chi connectivity index (χ4v) is 1.76. The zero-order chi connectivity index (χ0) is 13.0. The maximum absolute atomic E-state index is 12.7. The molecule has 0 aliphatic carbocycles. The van der Waals surface area contributed by atoms with Gasteiger partial charge in [-0.1, -0.05) is 18.2 Å². The molecule has 2 N–H and O–H groups in total. The van der Waals surface area contributed by atoms with Crippen LogP contribution in [0.3, 0.4) is 0 Å². The summed E-state index contributed by atoms with van der Waals surface area (Å²) in [5, 5.41) is 2.99. The van der Waals surface area contributed by atoms with E-state index in [0.29, 0.717) is 6.54 Å². The van der Waals surface area contributed by atoms with Gasteiger partial charge in [0, 0.05) is 25.0 Å². The molecule has 5 heteroatoms. The third-order valence-corrected chi connectivity index (χ3v) is 2.62. The summed E-state index contributed by atoms with van der Waals surface area (Å²) in [4.78, 5) is 2.98. The largest absolute Gasteiger partial charge is 0.416 e. The molecule has 0 atom stereocenters. The number of H-pyrrole nitrogens is 1. The van der Waals surface area contributed by atoms with Crippen LogP contribution in [0.4, 0.5) is 13.2 Å². The number of rotatable bonds is 4. The van der Waals surface area contributed by atoms with Crippen LogP contribution in [-0.4, -0.2) is 4.98 Å². The van der Waals surface area contributed by atoms with Gasteiger partial charge in [0.2, 0.25) is 0 Å². The summed E-state index contributed by atoms with van der Waals surface area (Å²) in [5.74, 6) is 0. The van der Waals surface area contributed by atoms with Gasteiger partial charge in [-0.2, -0.15) is 13.2 Å². The maximum atomic E-state index is 12.7. The van der Waals surface area contributed by atoms with Gasteiger partial charge >= 0.3 is 6.18 Å². The lowest BCUT2D eigenvalue weighted by Gasteiger charge is -2.12. The molecule has 0 saturated heterocycles. The Kier molecular flexibility index (Phi) is 3.72. The molecular weight excluding hydrogens is 241 g/mol. The van der Waals surface area contributed by atoms with Crippen LogP contribution in [0.5, 0.6) is 0 Å². The Labute approximate surface area is 103 Å². The van der Waals surface area contributed by atoms with E-state index in [0.717, 1.165) is 11.8 Å². The zero-order valence-corrected chi connectivity index (χ0v) is 9.59. The normalized spacial score (nSPS) is 11.7. The van der Waals surface area contributed by atoms with Crippen LogP contribution in [-0.2, 0) is 19.3 Å². The molecule has 0 aliphatic rings. The molecule has 0 bridgehead atoms. The summed E-state index contributed by atoms with van der Waals surface area (Å²) in [6.07, 6.45) is -2.52. The minimum absolute atomic E-state index is 0.189. The third-order valence-electron chi connectivity index (χ3n) is 2.62. The second kappa shape index (κ2) is 5.27. The summed E-state index contributed by atoms with van der Waals surface area (Å²) in [5.41, 5.74) is 0.625. The van der Waals surface area contributed by atoms with Crippen LogP contribution in [0.25, 0.3) is 0 Å². The van der Waals surface area contributed by atoms with Gasteiger partial charge in [0.25, 0.3) is 0 Å². The minimum Gasteiger partial charge on any atom is -0.364 e. The van der Waals surface area contributed by atoms with Gasteiger partial charge in [0.1, 0.15) is 0 Å². The van der Waals surface area contributed by atoms with E-state index in [2.05, 4.69) is 10.3 Å². The number of aromatic nitrogens is 1. The highest BCUT2D eigenvalue weighted by molar-refractivity contribution is 5.29. The Morgan fingerprint density at radius 3 is 2.44 bits per heavy atom. The van der Waals surface area contributed by atoms with E-state index in [1.807, 2.05) is 12.1 Å². The second-order valence-electron chi connectivity index (χ2n) is 3.95. The predicted molar refractivity (Wildman–Crippen MR) is 62.8 cm³/mol. The molecule has 2 aromatic rings. The van der Waals surface area contributed by atoms with Crippen molar-refractivity contribution in [1.29, 1.82) is 0 Å². The van der Waals surface area contributed by atoms with E-state index < -0.39 is 11.7 Å². The first-order valence-electron chi connectivity index (χ1n) is 5.55. The highest BCUT2D eigenvalue weighted by Gasteiger charge is 2.32.